The van der Waals surface area contributed by atoms with E-state index in [1.165, 1.54) is 19.1 Å². The lowest BCUT2D eigenvalue weighted by Crippen LogP contribution is -2.31. The van der Waals surface area contributed by atoms with E-state index in [1.807, 2.05) is 31.2 Å². The molecule has 0 radical (unpaired) electrons. The second-order valence-corrected chi connectivity index (χ2v) is 8.11. The summed E-state index contributed by atoms with van der Waals surface area (Å²) in [5.41, 5.74) is 2.82. The van der Waals surface area contributed by atoms with E-state index in [0.29, 0.717) is 36.6 Å². The second-order valence-electron chi connectivity index (χ2n) is 8.11. The van der Waals surface area contributed by atoms with E-state index in [1.54, 1.807) is 25.3 Å². The standard InChI is InChI=1S/C26H28N2O6/c1-15-21(17-8-5-6-9-19(17)27-15)23-22(25(30)26(31)28(23)12-7-13-32-2)24(29)18-11-10-16(33-3)14-20(18)34-4/h5-6,8-11,14,23,27,29H,7,12-13H2,1-4H3/b24-22+. The van der Waals surface area contributed by atoms with E-state index in [9.17, 15) is 14.7 Å². The van der Waals surface area contributed by atoms with Crippen molar-refractivity contribution >= 4 is 28.4 Å². The number of fused-ring (bicyclic) bond motifs is 1. The first-order valence-electron chi connectivity index (χ1n) is 11.0. The van der Waals surface area contributed by atoms with E-state index < -0.39 is 17.7 Å². The number of likely N-dealkylation sites (tertiary alicyclic amines) is 1. The SMILES string of the molecule is COCCCN1C(=O)C(=O)/C(=C(/O)c2ccc(OC)cc2OC)C1c1c(C)[nH]c2ccccc12. The molecule has 0 spiro atoms. The molecule has 2 heterocycles. The van der Waals surface area contributed by atoms with Gasteiger partial charge in [-0.1, -0.05) is 18.2 Å². The number of Topliss-reactive ketones (excluding diaryl/α,β-unsaturated/α-hetero) is 1. The van der Waals surface area contributed by atoms with Gasteiger partial charge < -0.3 is 29.2 Å². The topological polar surface area (TPSA) is 101 Å². The van der Waals surface area contributed by atoms with E-state index in [4.69, 9.17) is 14.2 Å². The fraction of sp³-hybridized carbons (Fsp3) is 0.308. The number of hydrogen-bond donors (Lipinski definition) is 2. The number of methoxy groups -OCH3 is 3. The number of aliphatic hydroxyl groups is 1. The molecule has 2 aromatic carbocycles. The lowest BCUT2D eigenvalue weighted by Gasteiger charge is -2.25. The molecule has 1 aliphatic heterocycles. The Kier molecular flexibility index (Phi) is 6.61. The van der Waals surface area contributed by atoms with Crippen molar-refractivity contribution in [3.05, 3.63) is 64.9 Å². The third-order valence-electron chi connectivity index (χ3n) is 6.17. The molecule has 4 rings (SSSR count). The van der Waals surface area contributed by atoms with Crippen LogP contribution in [-0.2, 0) is 14.3 Å². The van der Waals surface area contributed by atoms with Crippen LogP contribution in [-0.4, -0.2) is 61.2 Å². The molecular formula is C26H28N2O6. The number of ether oxygens (including phenoxy) is 3. The number of aromatic nitrogens is 1. The van der Waals surface area contributed by atoms with Crippen LogP contribution >= 0.6 is 0 Å². The van der Waals surface area contributed by atoms with Crippen molar-refractivity contribution in [1.82, 2.24) is 9.88 Å². The Labute approximate surface area is 197 Å². The molecule has 0 aliphatic carbocycles. The molecule has 1 aliphatic rings. The van der Waals surface area contributed by atoms with Crippen molar-refractivity contribution in [3.63, 3.8) is 0 Å². The number of para-hydroxylation sites is 1. The van der Waals surface area contributed by atoms with Gasteiger partial charge in [-0.2, -0.15) is 0 Å². The van der Waals surface area contributed by atoms with Gasteiger partial charge >= 0.3 is 0 Å². The molecule has 3 aromatic rings. The monoisotopic (exact) mass is 464 g/mol. The van der Waals surface area contributed by atoms with Crippen LogP contribution in [0.25, 0.3) is 16.7 Å². The maximum atomic E-state index is 13.3. The third-order valence-corrected chi connectivity index (χ3v) is 6.17. The minimum absolute atomic E-state index is 0.0266. The first-order chi connectivity index (χ1) is 16.4. The molecule has 178 valence electrons. The van der Waals surface area contributed by atoms with Crippen LogP contribution in [0, 0.1) is 6.92 Å². The first-order valence-corrected chi connectivity index (χ1v) is 11.0. The number of ketones is 1. The number of H-pyrrole nitrogens is 1. The zero-order chi connectivity index (χ0) is 24.4. The number of aromatic amines is 1. The maximum Gasteiger partial charge on any atom is 0.295 e. The summed E-state index contributed by atoms with van der Waals surface area (Å²) in [5.74, 6) is -0.807. The van der Waals surface area contributed by atoms with Gasteiger partial charge in [0, 0.05) is 48.5 Å². The van der Waals surface area contributed by atoms with E-state index in [-0.39, 0.29) is 11.3 Å². The number of aryl methyl sites for hydroxylation is 1. The Balaban J connectivity index is 1.95. The van der Waals surface area contributed by atoms with Crippen LogP contribution in [0.3, 0.4) is 0 Å². The molecule has 1 fully saturated rings. The predicted octanol–water partition coefficient (Wildman–Crippen LogP) is 3.95. The predicted molar refractivity (Wildman–Crippen MR) is 128 cm³/mol. The van der Waals surface area contributed by atoms with Gasteiger partial charge in [0.1, 0.15) is 17.3 Å². The van der Waals surface area contributed by atoms with Crippen molar-refractivity contribution in [2.75, 3.05) is 34.5 Å². The van der Waals surface area contributed by atoms with Gasteiger partial charge in [-0.3, -0.25) is 9.59 Å². The highest BCUT2D eigenvalue weighted by molar-refractivity contribution is 6.46. The Morgan fingerprint density at radius 1 is 1.09 bits per heavy atom. The number of carbonyl (C=O) groups is 2. The molecule has 1 atom stereocenters. The van der Waals surface area contributed by atoms with Crippen molar-refractivity contribution in [3.8, 4) is 11.5 Å². The number of nitrogens with one attached hydrogen (secondary N) is 1. The van der Waals surface area contributed by atoms with Crippen LogP contribution in [0.15, 0.2) is 48.0 Å². The molecule has 8 heteroatoms. The fourth-order valence-corrected chi connectivity index (χ4v) is 4.58. The van der Waals surface area contributed by atoms with Crippen molar-refractivity contribution in [1.29, 1.82) is 0 Å². The summed E-state index contributed by atoms with van der Waals surface area (Å²) in [4.78, 5) is 31.4. The Morgan fingerprint density at radius 2 is 1.85 bits per heavy atom. The van der Waals surface area contributed by atoms with Gasteiger partial charge in [-0.15, -0.1) is 0 Å². The maximum absolute atomic E-state index is 13.3. The average molecular weight is 465 g/mol. The Bertz CT molecular complexity index is 1280. The van der Waals surface area contributed by atoms with Crippen LogP contribution in [0.2, 0.25) is 0 Å². The van der Waals surface area contributed by atoms with Crippen LogP contribution in [0.1, 0.15) is 29.3 Å². The molecule has 1 unspecified atom stereocenters. The smallest absolute Gasteiger partial charge is 0.295 e. The quantitative estimate of drug-likeness (QED) is 0.227. The van der Waals surface area contributed by atoms with E-state index >= 15 is 0 Å². The molecule has 0 saturated carbocycles. The van der Waals surface area contributed by atoms with E-state index in [2.05, 4.69) is 4.98 Å². The summed E-state index contributed by atoms with van der Waals surface area (Å²) < 4.78 is 15.9. The summed E-state index contributed by atoms with van der Waals surface area (Å²) in [6, 6.07) is 11.8. The summed E-state index contributed by atoms with van der Waals surface area (Å²) in [6.07, 6.45) is 0.549. The summed E-state index contributed by atoms with van der Waals surface area (Å²) >= 11 is 0. The molecule has 1 aromatic heterocycles. The molecule has 1 saturated heterocycles. The Hall–Kier alpha value is -3.78. The summed E-state index contributed by atoms with van der Waals surface area (Å²) in [5, 5.41) is 12.3. The van der Waals surface area contributed by atoms with Crippen LogP contribution in [0.4, 0.5) is 0 Å². The lowest BCUT2D eigenvalue weighted by molar-refractivity contribution is -0.140. The molecule has 8 nitrogen and oxygen atoms in total. The highest BCUT2D eigenvalue weighted by Crippen LogP contribution is 2.44. The van der Waals surface area contributed by atoms with Gasteiger partial charge in [0.05, 0.1) is 31.4 Å². The van der Waals surface area contributed by atoms with Gasteiger partial charge in [-0.05, 0) is 31.5 Å². The minimum atomic E-state index is -0.764. The van der Waals surface area contributed by atoms with Crippen LogP contribution in [0.5, 0.6) is 11.5 Å². The van der Waals surface area contributed by atoms with Gasteiger partial charge in [0.15, 0.2) is 0 Å². The van der Waals surface area contributed by atoms with Crippen LogP contribution < -0.4 is 9.47 Å². The highest BCUT2D eigenvalue weighted by atomic mass is 16.5. The normalized spacial score (nSPS) is 17.5. The molecule has 34 heavy (non-hydrogen) atoms. The second kappa shape index (κ2) is 9.61. The minimum Gasteiger partial charge on any atom is -0.507 e. The zero-order valence-electron chi connectivity index (χ0n) is 19.7. The molecule has 0 bridgehead atoms. The third kappa shape index (κ3) is 3.90. The highest BCUT2D eigenvalue weighted by Gasteiger charge is 2.47. The number of benzene rings is 2. The molecule has 1 amide bonds. The molecule has 2 N–H and O–H groups in total. The lowest BCUT2D eigenvalue weighted by atomic mass is 9.93. The fourth-order valence-electron chi connectivity index (χ4n) is 4.58. The average Bonchev–Trinajstić information content (AvgIpc) is 3.30. The Morgan fingerprint density at radius 3 is 2.56 bits per heavy atom. The van der Waals surface area contributed by atoms with E-state index in [0.717, 1.165) is 22.2 Å². The van der Waals surface area contributed by atoms with Crippen molar-refractivity contribution in [2.45, 2.75) is 19.4 Å². The summed E-state index contributed by atoms with van der Waals surface area (Å²) in [6.45, 7) is 2.64. The number of aliphatic hydroxyl groups excluding tert-OH is 1. The van der Waals surface area contributed by atoms with Gasteiger partial charge in [0.2, 0.25) is 0 Å². The zero-order valence-corrected chi connectivity index (χ0v) is 19.7. The van der Waals surface area contributed by atoms with Crippen molar-refractivity contribution < 1.29 is 28.9 Å². The summed E-state index contributed by atoms with van der Waals surface area (Å²) in [7, 11) is 4.58. The van der Waals surface area contributed by atoms with Gasteiger partial charge in [0.25, 0.3) is 11.7 Å². The largest absolute Gasteiger partial charge is 0.507 e. The molecular weight excluding hydrogens is 436 g/mol. The number of carbonyl (C=O) groups excluding carboxylic acids is 2. The first kappa shape index (κ1) is 23.4. The number of amides is 1. The number of hydrogen-bond acceptors (Lipinski definition) is 6. The number of nitrogens with zero attached hydrogens (tertiary/aromatic N) is 1. The van der Waals surface area contributed by atoms with Gasteiger partial charge in [-0.25, -0.2) is 0 Å². The van der Waals surface area contributed by atoms with Crippen molar-refractivity contribution in [2.24, 2.45) is 0 Å². The number of rotatable bonds is 8.